The standard InChI is InChI=1S/C15H19F3N2/c1-3-6-13(4-2)20-14(10-19)11-7-5-8-12(9-11)15(16,17)18/h2,5,7-9,13-14,20H,3,6,10,19H2,1H3. The zero-order valence-corrected chi connectivity index (χ0v) is 11.4. The molecular formula is C15H19F3N2. The minimum absolute atomic E-state index is 0.184. The Bertz CT molecular complexity index is 463. The highest BCUT2D eigenvalue weighted by atomic mass is 19.4. The molecule has 0 aliphatic carbocycles. The van der Waals surface area contributed by atoms with Crippen molar-refractivity contribution in [3.8, 4) is 12.3 Å². The summed E-state index contributed by atoms with van der Waals surface area (Å²) in [6.45, 7) is 2.18. The third-order valence-corrected chi connectivity index (χ3v) is 3.03. The topological polar surface area (TPSA) is 38.0 Å². The first-order valence-corrected chi connectivity index (χ1v) is 6.51. The Labute approximate surface area is 117 Å². The molecule has 0 spiro atoms. The molecular weight excluding hydrogens is 265 g/mol. The van der Waals surface area contributed by atoms with Crippen molar-refractivity contribution in [2.24, 2.45) is 5.73 Å². The van der Waals surface area contributed by atoms with Crippen molar-refractivity contribution in [2.45, 2.75) is 38.0 Å². The summed E-state index contributed by atoms with van der Waals surface area (Å²) in [4.78, 5) is 0. The molecule has 110 valence electrons. The lowest BCUT2D eigenvalue weighted by molar-refractivity contribution is -0.137. The van der Waals surface area contributed by atoms with E-state index in [2.05, 4.69) is 11.2 Å². The second kappa shape index (κ2) is 7.32. The van der Waals surface area contributed by atoms with Crippen LogP contribution in [0.3, 0.4) is 0 Å². The van der Waals surface area contributed by atoms with Crippen LogP contribution in [0.4, 0.5) is 13.2 Å². The number of rotatable bonds is 6. The molecule has 2 nitrogen and oxygen atoms in total. The molecule has 0 saturated heterocycles. The van der Waals surface area contributed by atoms with Gasteiger partial charge in [-0.05, 0) is 24.1 Å². The molecule has 0 bridgehead atoms. The van der Waals surface area contributed by atoms with Crippen molar-refractivity contribution < 1.29 is 13.2 Å². The number of hydrogen-bond donors (Lipinski definition) is 2. The Morgan fingerprint density at radius 3 is 2.60 bits per heavy atom. The highest BCUT2D eigenvalue weighted by Crippen LogP contribution is 2.30. The molecule has 0 heterocycles. The van der Waals surface area contributed by atoms with Gasteiger partial charge in [-0.2, -0.15) is 13.2 Å². The van der Waals surface area contributed by atoms with E-state index >= 15 is 0 Å². The van der Waals surface area contributed by atoms with Gasteiger partial charge in [0, 0.05) is 12.6 Å². The highest BCUT2D eigenvalue weighted by Gasteiger charge is 2.31. The highest BCUT2D eigenvalue weighted by molar-refractivity contribution is 5.28. The fraction of sp³-hybridized carbons (Fsp3) is 0.467. The molecule has 20 heavy (non-hydrogen) atoms. The van der Waals surface area contributed by atoms with Crippen LogP contribution in [-0.2, 0) is 6.18 Å². The van der Waals surface area contributed by atoms with Gasteiger partial charge in [0.25, 0.3) is 0 Å². The maximum Gasteiger partial charge on any atom is 0.416 e. The van der Waals surface area contributed by atoms with Crippen LogP contribution < -0.4 is 11.1 Å². The van der Waals surface area contributed by atoms with E-state index in [1.165, 1.54) is 6.07 Å². The van der Waals surface area contributed by atoms with Crippen LogP contribution in [0.25, 0.3) is 0 Å². The van der Waals surface area contributed by atoms with E-state index in [0.717, 1.165) is 25.0 Å². The van der Waals surface area contributed by atoms with Gasteiger partial charge in [-0.1, -0.05) is 31.4 Å². The average Bonchev–Trinajstić information content (AvgIpc) is 2.42. The van der Waals surface area contributed by atoms with Crippen LogP contribution in [0.5, 0.6) is 0 Å². The van der Waals surface area contributed by atoms with Crippen molar-refractivity contribution in [3.63, 3.8) is 0 Å². The lowest BCUT2D eigenvalue weighted by Crippen LogP contribution is -2.36. The van der Waals surface area contributed by atoms with Gasteiger partial charge in [0.2, 0.25) is 0 Å². The van der Waals surface area contributed by atoms with E-state index in [9.17, 15) is 13.2 Å². The molecule has 2 atom stereocenters. The van der Waals surface area contributed by atoms with E-state index in [-0.39, 0.29) is 18.6 Å². The van der Waals surface area contributed by atoms with Crippen molar-refractivity contribution in [3.05, 3.63) is 35.4 Å². The SMILES string of the molecule is C#CC(CCC)NC(CN)c1cccc(C(F)(F)F)c1. The second-order valence-electron chi connectivity index (χ2n) is 4.59. The third kappa shape index (κ3) is 4.55. The van der Waals surface area contributed by atoms with Gasteiger partial charge in [0.05, 0.1) is 11.6 Å². The maximum absolute atomic E-state index is 12.7. The molecule has 1 aromatic carbocycles. The van der Waals surface area contributed by atoms with Crippen molar-refractivity contribution in [1.82, 2.24) is 5.32 Å². The number of terminal acetylenes is 1. The van der Waals surface area contributed by atoms with Crippen molar-refractivity contribution in [1.29, 1.82) is 0 Å². The number of halogens is 3. The minimum atomic E-state index is -4.36. The van der Waals surface area contributed by atoms with Crippen LogP contribution >= 0.6 is 0 Å². The fourth-order valence-electron chi connectivity index (χ4n) is 1.98. The molecule has 0 saturated carbocycles. The van der Waals surface area contributed by atoms with E-state index in [1.807, 2.05) is 6.92 Å². The number of alkyl halides is 3. The quantitative estimate of drug-likeness (QED) is 0.788. The molecule has 0 aliphatic heterocycles. The summed E-state index contributed by atoms with van der Waals surface area (Å²) in [6, 6.07) is 4.59. The van der Waals surface area contributed by atoms with Crippen molar-refractivity contribution in [2.75, 3.05) is 6.54 Å². The predicted molar refractivity (Wildman–Crippen MR) is 73.9 cm³/mol. The predicted octanol–water partition coefficient (Wildman–Crippen LogP) is 3.10. The lowest BCUT2D eigenvalue weighted by atomic mass is 10.0. The van der Waals surface area contributed by atoms with Gasteiger partial charge in [-0.3, -0.25) is 5.32 Å². The van der Waals surface area contributed by atoms with Crippen LogP contribution in [0.2, 0.25) is 0 Å². The zero-order chi connectivity index (χ0) is 15.2. The van der Waals surface area contributed by atoms with Gasteiger partial charge in [0.1, 0.15) is 0 Å². The van der Waals surface area contributed by atoms with E-state index < -0.39 is 11.7 Å². The first-order chi connectivity index (χ1) is 9.42. The van der Waals surface area contributed by atoms with E-state index in [0.29, 0.717) is 5.56 Å². The van der Waals surface area contributed by atoms with E-state index in [1.54, 1.807) is 6.07 Å². The van der Waals surface area contributed by atoms with Crippen LogP contribution in [-0.4, -0.2) is 12.6 Å². The van der Waals surface area contributed by atoms with Gasteiger partial charge in [-0.15, -0.1) is 6.42 Å². The molecule has 0 aliphatic rings. The summed E-state index contributed by atoms with van der Waals surface area (Å²) in [5.41, 5.74) is 5.47. The molecule has 5 heteroatoms. The Morgan fingerprint density at radius 2 is 2.10 bits per heavy atom. The summed E-state index contributed by atoms with van der Waals surface area (Å²) < 4.78 is 38.1. The molecule has 1 rings (SSSR count). The van der Waals surface area contributed by atoms with Gasteiger partial charge in [-0.25, -0.2) is 0 Å². The molecule has 0 amide bonds. The summed E-state index contributed by atoms with van der Waals surface area (Å²) in [5.74, 6) is 2.59. The van der Waals surface area contributed by atoms with Crippen molar-refractivity contribution >= 4 is 0 Å². The molecule has 0 fully saturated rings. The normalized spacial score (nSPS) is 14.6. The number of hydrogen-bond acceptors (Lipinski definition) is 2. The maximum atomic E-state index is 12.7. The molecule has 1 aromatic rings. The molecule has 0 radical (unpaired) electrons. The van der Waals surface area contributed by atoms with Crippen LogP contribution in [0, 0.1) is 12.3 Å². The molecule has 0 aromatic heterocycles. The smallest absolute Gasteiger partial charge is 0.329 e. The molecule has 2 unspecified atom stereocenters. The summed E-state index contributed by atoms with van der Waals surface area (Å²) >= 11 is 0. The van der Waals surface area contributed by atoms with Gasteiger partial charge < -0.3 is 5.73 Å². The summed E-state index contributed by atoms with van der Waals surface area (Å²) in [6.07, 6.45) is 2.70. The Kier molecular flexibility index (Phi) is 6.05. The van der Waals surface area contributed by atoms with Crippen LogP contribution in [0.15, 0.2) is 24.3 Å². The summed E-state index contributed by atoms with van der Waals surface area (Å²) in [7, 11) is 0. The monoisotopic (exact) mass is 284 g/mol. The van der Waals surface area contributed by atoms with Crippen LogP contribution in [0.1, 0.15) is 36.9 Å². The first-order valence-electron chi connectivity index (χ1n) is 6.51. The van der Waals surface area contributed by atoms with Gasteiger partial charge in [0.15, 0.2) is 0 Å². The average molecular weight is 284 g/mol. The Balaban J connectivity index is 2.93. The Hall–Kier alpha value is -1.51. The third-order valence-electron chi connectivity index (χ3n) is 3.03. The van der Waals surface area contributed by atoms with E-state index in [4.69, 9.17) is 12.2 Å². The number of nitrogens with one attached hydrogen (secondary N) is 1. The minimum Gasteiger partial charge on any atom is -0.329 e. The number of nitrogens with two attached hydrogens (primary N) is 1. The fourth-order valence-corrected chi connectivity index (χ4v) is 1.98. The summed E-state index contributed by atoms with van der Waals surface area (Å²) in [5, 5.41) is 3.12. The first kappa shape index (κ1) is 16.5. The zero-order valence-electron chi connectivity index (χ0n) is 11.4. The lowest BCUT2D eigenvalue weighted by Gasteiger charge is -2.22. The largest absolute Gasteiger partial charge is 0.416 e. The molecule has 3 N–H and O–H groups in total. The second-order valence-corrected chi connectivity index (χ2v) is 4.59. The van der Waals surface area contributed by atoms with Gasteiger partial charge >= 0.3 is 6.18 Å². The number of benzene rings is 1. The Morgan fingerprint density at radius 1 is 1.40 bits per heavy atom.